The van der Waals surface area contributed by atoms with E-state index in [1.54, 1.807) is 57.2 Å². The van der Waals surface area contributed by atoms with Crippen molar-refractivity contribution in [3.8, 4) is 16.9 Å². The standard InChI is InChI=1S/C18H19O5S/c1-18(2,3)23-17(19)22-14-9-7-8-13(12-14)15-10-5-6-11-16(15)24(4,20)21/h5-9,11-12H,1-4H3. The van der Waals surface area contributed by atoms with E-state index >= 15 is 0 Å². The Kier molecular flexibility index (Phi) is 4.99. The largest absolute Gasteiger partial charge is 0.514 e. The third-order valence-electron chi connectivity index (χ3n) is 2.93. The molecule has 0 aromatic heterocycles. The molecule has 6 heteroatoms. The van der Waals surface area contributed by atoms with Gasteiger partial charge in [0.15, 0.2) is 9.84 Å². The molecule has 5 nitrogen and oxygen atoms in total. The molecule has 2 aromatic rings. The number of sulfone groups is 1. The molecule has 2 aromatic carbocycles. The minimum atomic E-state index is -3.41. The Balaban J connectivity index is 2.34. The lowest BCUT2D eigenvalue weighted by atomic mass is 10.1. The Labute approximate surface area is 142 Å². The van der Waals surface area contributed by atoms with Crippen LogP contribution in [0.3, 0.4) is 0 Å². The summed E-state index contributed by atoms with van der Waals surface area (Å²) >= 11 is 0. The molecule has 0 N–H and O–H groups in total. The van der Waals surface area contributed by atoms with Gasteiger partial charge >= 0.3 is 6.16 Å². The quantitative estimate of drug-likeness (QED) is 0.623. The van der Waals surface area contributed by atoms with Crippen LogP contribution in [0.5, 0.6) is 5.75 Å². The minimum absolute atomic E-state index is 0.166. The first-order chi connectivity index (χ1) is 11.1. The highest BCUT2D eigenvalue weighted by Crippen LogP contribution is 2.29. The fourth-order valence-corrected chi connectivity index (χ4v) is 2.91. The lowest BCUT2D eigenvalue weighted by Gasteiger charge is -2.18. The van der Waals surface area contributed by atoms with Crippen LogP contribution in [-0.2, 0) is 14.6 Å². The topological polar surface area (TPSA) is 69.7 Å². The van der Waals surface area contributed by atoms with Crippen LogP contribution in [0.25, 0.3) is 11.1 Å². The lowest BCUT2D eigenvalue weighted by Crippen LogP contribution is -2.25. The van der Waals surface area contributed by atoms with E-state index in [4.69, 9.17) is 9.47 Å². The minimum Gasteiger partial charge on any atom is -0.428 e. The summed E-state index contributed by atoms with van der Waals surface area (Å²) in [5.41, 5.74) is 0.345. The molecular weight excluding hydrogens is 328 g/mol. The first-order valence-electron chi connectivity index (χ1n) is 7.28. The third kappa shape index (κ3) is 4.83. The van der Waals surface area contributed by atoms with Crippen LogP contribution in [0.1, 0.15) is 20.8 Å². The molecule has 0 bridgehead atoms. The maximum Gasteiger partial charge on any atom is 0.514 e. The molecule has 0 aliphatic rings. The second-order valence-electron chi connectivity index (χ2n) is 6.28. The highest BCUT2D eigenvalue weighted by atomic mass is 32.2. The molecule has 0 fully saturated rings. The summed E-state index contributed by atoms with van der Waals surface area (Å²) in [6.45, 7) is 5.21. The second-order valence-corrected chi connectivity index (χ2v) is 8.26. The van der Waals surface area contributed by atoms with Crippen molar-refractivity contribution in [1.82, 2.24) is 0 Å². The highest BCUT2D eigenvalue weighted by Gasteiger charge is 2.19. The average Bonchev–Trinajstić information content (AvgIpc) is 2.44. The molecule has 0 unspecified atom stereocenters. The molecule has 0 atom stereocenters. The maximum absolute atomic E-state index is 11.9. The molecule has 2 rings (SSSR count). The van der Waals surface area contributed by atoms with E-state index < -0.39 is 21.6 Å². The van der Waals surface area contributed by atoms with E-state index in [0.29, 0.717) is 11.1 Å². The summed E-state index contributed by atoms with van der Waals surface area (Å²) < 4.78 is 34.1. The van der Waals surface area contributed by atoms with Gasteiger partial charge in [-0.1, -0.05) is 24.3 Å². The van der Waals surface area contributed by atoms with Crippen molar-refractivity contribution in [3.05, 3.63) is 48.5 Å². The molecule has 0 aliphatic heterocycles. The molecule has 0 aliphatic carbocycles. The Morgan fingerprint density at radius 3 is 2.46 bits per heavy atom. The van der Waals surface area contributed by atoms with Crippen molar-refractivity contribution in [1.29, 1.82) is 0 Å². The number of rotatable bonds is 3. The zero-order valence-electron chi connectivity index (χ0n) is 14.0. The van der Waals surface area contributed by atoms with E-state index in [-0.39, 0.29) is 10.6 Å². The van der Waals surface area contributed by atoms with E-state index in [1.165, 1.54) is 6.07 Å². The fourth-order valence-electron chi connectivity index (χ4n) is 2.04. The van der Waals surface area contributed by atoms with E-state index in [9.17, 15) is 13.2 Å². The van der Waals surface area contributed by atoms with Gasteiger partial charge in [-0.15, -0.1) is 0 Å². The van der Waals surface area contributed by atoms with Gasteiger partial charge < -0.3 is 9.47 Å². The molecule has 127 valence electrons. The molecule has 0 heterocycles. The van der Waals surface area contributed by atoms with Crippen LogP contribution >= 0.6 is 0 Å². The van der Waals surface area contributed by atoms with Crippen LogP contribution in [0, 0.1) is 6.07 Å². The van der Waals surface area contributed by atoms with Crippen LogP contribution in [-0.4, -0.2) is 26.4 Å². The summed E-state index contributed by atoms with van der Waals surface area (Å²) in [6, 6.07) is 14.2. The van der Waals surface area contributed by atoms with Crippen molar-refractivity contribution in [2.24, 2.45) is 0 Å². The monoisotopic (exact) mass is 347 g/mol. The normalized spacial score (nSPS) is 11.8. The Morgan fingerprint density at radius 2 is 1.83 bits per heavy atom. The number of benzene rings is 2. The average molecular weight is 347 g/mol. The van der Waals surface area contributed by atoms with Crippen LogP contribution in [0.2, 0.25) is 0 Å². The van der Waals surface area contributed by atoms with Crippen LogP contribution < -0.4 is 4.74 Å². The van der Waals surface area contributed by atoms with Gasteiger partial charge in [0.05, 0.1) is 4.90 Å². The number of hydrogen-bond donors (Lipinski definition) is 0. The summed E-state index contributed by atoms with van der Waals surface area (Å²) in [5.74, 6) is 0.262. The Bertz CT molecular complexity index is 848. The summed E-state index contributed by atoms with van der Waals surface area (Å²) in [4.78, 5) is 11.9. The van der Waals surface area contributed by atoms with E-state index in [1.807, 2.05) is 0 Å². The van der Waals surface area contributed by atoms with Crippen molar-refractivity contribution < 1.29 is 22.7 Å². The van der Waals surface area contributed by atoms with Gasteiger partial charge in [0.2, 0.25) is 0 Å². The summed E-state index contributed by atoms with van der Waals surface area (Å²) in [6.07, 6.45) is 0.320. The fraction of sp³-hybridized carbons (Fsp3) is 0.278. The molecule has 0 saturated heterocycles. The molecule has 0 amide bonds. The first-order valence-corrected chi connectivity index (χ1v) is 9.17. The summed E-state index contributed by atoms with van der Waals surface area (Å²) in [7, 11) is -3.41. The highest BCUT2D eigenvalue weighted by molar-refractivity contribution is 7.90. The zero-order valence-corrected chi connectivity index (χ0v) is 14.8. The molecule has 1 radical (unpaired) electrons. The van der Waals surface area contributed by atoms with E-state index in [2.05, 4.69) is 6.07 Å². The number of carbonyl (C=O) groups excluding carboxylic acids is 1. The SMILES string of the molecule is CC(C)(C)OC(=O)Oc1cccc(-c2[c]cccc2S(C)(=O)=O)c1. The molecule has 0 spiro atoms. The van der Waals surface area contributed by atoms with Gasteiger partial charge in [0.25, 0.3) is 0 Å². The summed E-state index contributed by atoms with van der Waals surface area (Å²) in [5, 5.41) is 0. The third-order valence-corrected chi connectivity index (χ3v) is 4.07. The lowest BCUT2D eigenvalue weighted by molar-refractivity contribution is 0.0206. The number of hydrogen-bond acceptors (Lipinski definition) is 5. The molecule has 24 heavy (non-hydrogen) atoms. The number of ether oxygens (including phenoxy) is 2. The van der Waals surface area contributed by atoms with Gasteiger partial charge in [0.1, 0.15) is 11.4 Å². The maximum atomic E-state index is 11.9. The Hall–Kier alpha value is -2.34. The smallest absolute Gasteiger partial charge is 0.428 e. The van der Waals surface area contributed by atoms with Crippen molar-refractivity contribution in [2.75, 3.05) is 6.26 Å². The van der Waals surface area contributed by atoms with E-state index in [0.717, 1.165) is 6.26 Å². The van der Waals surface area contributed by atoms with Gasteiger partial charge in [-0.05, 0) is 50.6 Å². The number of carbonyl (C=O) groups is 1. The van der Waals surface area contributed by atoms with Crippen LogP contribution in [0.15, 0.2) is 47.4 Å². The van der Waals surface area contributed by atoms with Crippen LogP contribution in [0.4, 0.5) is 4.79 Å². The Morgan fingerprint density at radius 1 is 1.12 bits per heavy atom. The van der Waals surface area contributed by atoms with Gasteiger partial charge in [-0.2, -0.15) is 0 Å². The van der Waals surface area contributed by atoms with Crippen molar-refractivity contribution >= 4 is 16.0 Å². The second kappa shape index (κ2) is 6.65. The predicted octanol–water partition coefficient (Wildman–Crippen LogP) is 3.87. The molecule has 0 saturated carbocycles. The van der Waals surface area contributed by atoms with Crippen molar-refractivity contribution in [2.45, 2.75) is 31.3 Å². The van der Waals surface area contributed by atoms with Gasteiger partial charge in [-0.3, -0.25) is 0 Å². The van der Waals surface area contributed by atoms with Gasteiger partial charge in [-0.25, -0.2) is 13.2 Å². The van der Waals surface area contributed by atoms with Gasteiger partial charge in [0, 0.05) is 11.8 Å². The zero-order chi connectivity index (χ0) is 18.0. The molecular formula is C18H19O5S. The first kappa shape index (κ1) is 18.0. The predicted molar refractivity (Wildman–Crippen MR) is 90.7 cm³/mol. The van der Waals surface area contributed by atoms with Crippen molar-refractivity contribution in [3.63, 3.8) is 0 Å².